The second kappa shape index (κ2) is 10.1. The molecule has 4 rings (SSSR count). The Morgan fingerprint density at radius 3 is 2.61 bits per heavy atom. The molecular weight excluding hydrogens is 391 g/mol. The van der Waals surface area contributed by atoms with Crippen LogP contribution in [-0.2, 0) is 17.8 Å². The van der Waals surface area contributed by atoms with E-state index in [2.05, 4.69) is 14.5 Å². The van der Waals surface area contributed by atoms with Gasteiger partial charge in [-0.05, 0) is 68.1 Å². The van der Waals surface area contributed by atoms with Gasteiger partial charge in [0.05, 0.1) is 17.4 Å². The molecule has 0 bridgehead atoms. The number of fused-ring (bicyclic) bond motifs is 1. The Bertz CT molecular complexity index is 992. The van der Waals surface area contributed by atoms with Gasteiger partial charge in [-0.3, -0.25) is 4.79 Å². The third-order valence-electron chi connectivity index (χ3n) is 6.39. The van der Waals surface area contributed by atoms with E-state index in [0.717, 1.165) is 56.5 Å². The van der Waals surface area contributed by atoms with Crippen LogP contribution in [-0.4, -0.2) is 58.5 Å². The van der Waals surface area contributed by atoms with E-state index in [1.54, 1.807) is 0 Å². The van der Waals surface area contributed by atoms with Gasteiger partial charge >= 0.3 is 0 Å². The van der Waals surface area contributed by atoms with Crippen LogP contribution in [0.25, 0.3) is 11.0 Å². The summed E-state index contributed by atoms with van der Waals surface area (Å²) in [5.74, 6) is 0.572. The number of para-hydroxylation sites is 2. The number of benzene rings is 2. The van der Waals surface area contributed by atoms with Crippen molar-refractivity contribution in [1.29, 1.82) is 0 Å². The van der Waals surface area contributed by atoms with Crippen LogP contribution in [0.4, 0.5) is 4.39 Å². The highest BCUT2D eigenvalue weighted by atomic mass is 19.1. The average Bonchev–Trinajstić information content (AvgIpc) is 3.21. The lowest BCUT2D eigenvalue weighted by Crippen LogP contribution is -2.40. The molecule has 0 spiro atoms. The number of piperidine rings is 1. The zero-order chi connectivity index (χ0) is 21.6. The van der Waals surface area contributed by atoms with Crippen molar-refractivity contribution in [3.8, 4) is 0 Å². The minimum atomic E-state index is -0.179. The molecule has 6 heteroatoms. The van der Waals surface area contributed by atoms with Crippen molar-refractivity contribution in [2.75, 3.05) is 33.2 Å². The molecule has 31 heavy (non-hydrogen) atoms. The van der Waals surface area contributed by atoms with Crippen molar-refractivity contribution >= 4 is 16.9 Å². The topological polar surface area (TPSA) is 41.4 Å². The molecule has 1 amide bonds. The summed E-state index contributed by atoms with van der Waals surface area (Å²) in [7, 11) is 1.93. The van der Waals surface area contributed by atoms with Gasteiger partial charge in [0.25, 0.3) is 0 Å². The smallest absolute Gasteiger partial charge is 0.224 e. The van der Waals surface area contributed by atoms with Crippen LogP contribution in [0.2, 0.25) is 0 Å². The predicted molar refractivity (Wildman–Crippen MR) is 121 cm³/mol. The highest BCUT2D eigenvalue weighted by Gasteiger charge is 2.22. The molecular formula is C25H31FN4O. The van der Waals surface area contributed by atoms with Gasteiger partial charge in [-0.2, -0.15) is 0 Å². The van der Waals surface area contributed by atoms with Crippen LogP contribution in [0.3, 0.4) is 0 Å². The van der Waals surface area contributed by atoms with Gasteiger partial charge in [0.15, 0.2) is 0 Å². The molecule has 3 aromatic rings. The van der Waals surface area contributed by atoms with E-state index in [-0.39, 0.29) is 11.7 Å². The summed E-state index contributed by atoms with van der Waals surface area (Å²) in [4.78, 5) is 21.4. The number of imidazole rings is 1. The van der Waals surface area contributed by atoms with Crippen molar-refractivity contribution < 1.29 is 9.18 Å². The lowest BCUT2D eigenvalue weighted by atomic mass is 9.96. The number of hydrogen-bond acceptors (Lipinski definition) is 3. The first kappa shape index (κ1) is 21.5. The quantitative estimate of drug-likeness (QED) is 0.551. The Labute approximate surface area is 183 Å². The first-order chi connectivity index (χ1) is 15.1. The number of nitrogens with zero attached hydrogens (tertiary/aromatic N) is 4. The molecule has 5 nitrogen and oxygen atoms in total. The first-order valence-electron chi connectivity index (χ1n) is 11.2. The zero-order valence-corrected chi connectivity index (χ0v) is 18.2. The molecule has 2 aromatic carbocycles. The molecule has 1 fully saturated rings. The molecule has 1 aliphatic rings. The van der Waals surface area contributed by atoms with Crippen LogP contribution in [0.5, 0.6) is 0 Å². The number of carbonyl (C=O) groups is 1. The Morgan fingerprint density at radius 1 is 1.10 bits per heavy atom. The average molecular weight is 423 g/mol. The molecule has 1 aromatic heterocycles. The van der Waals surface area contributed by atoms with Crippen molar-refractivity contribution in [2.45, 2.75) is 32.2 Å². The van der Waals surface area contributed by atoms with Crippen LogP contribution >= 0.6 is 0 Å². The SMILES string of the molecule is CN(CC1CCN(CCc2ccc(F)cc2)CC1)C(=O)CCn1cnc2ccccc21. The van der Waals surface area contributed by atoms with Gasteiger partial charge in [-0.15, -0.1) is 0 Å². The molecule has 0 N–H and O–H groups in total. The fourth-order valence-electron chi connectivity index (χ4n) is 4.42. The maximum Gasteiger partial charge on any atom is 0.224 e. The summed E-state index contributed by atoms with van der Waals surface area (Å²) in [6, 6.07) is 14.8. The molecule has 0 radical (unpaired) electrons. The summed E-state index contributed by atoms with van der Waals surface area (Å²) in [5.41, 5.74) is 3.22. The van der Waals surface area contributed by atoms with Crippen LogP contribution in [0.15, 0.2) is 54.9 Å². The lowest BCUT2D eigenvalue weighted by molar-refractivity contribution is -0.130. The van der Waals surface area contributed by atoms with Gasteiger partial charge in [0.2, 0.25) is 5.91 Å². The normalized spacial score (nSPS) is 15.4. The molecule has 1 saturated heterocycles. The van der Waals surface area contributed by atoms with Crippen molar-refractivity contribution in [1.82, 2.24) is 19.4 Å². The molecule has 0 aliphatic carbocycles. The van der Waals surface area contributed by atoms with Crippen molar-refractivity contribution in [3.05, 3.63) is 66.2 Å². The number of hydrogen-bond donors (Lipinski definition) is 0. The zero-order valence-electron chi connectivity index (χ0n) is 18.2. The molecule has 1 aliphatic heterocycles. The van der Waals surface area contributed by atoms with Crippen molar-refractivity contribution in [3.63, 3.8) is 0 Å². The maximum absolute atomic E-state index is 13.0. The number of aromatic nitrogens is 2. The van der Waals surface area contributed by atoms with Gasteiger partial charge < -0.3 is 14.4 Å². The molecule has 2 heterocycles. The van der Waals surface area contributed by atoms with Gasteiger partial charge in [-0.25, -0.2) is 9.37 Å². The largest absolute Gasteiger partial charge is 0.345 e. The van der Waals surface area contributed by atoms with E-state index in [1.807, 2.05) is 54.7 Å². The molecule has 0 unspecified atom stereocenters. The van der Waals surface area contributed by atoms with E-state index in [9.17, 15) is 9.18 Å². The minimum Gasteiger partial charge on any atom is -0.345 e. The second-order valence-electron chi connectivity index (χ2n) is 8.61. The van der Waals surface area contributed by atoms with Crippen molar-refractivity contribution in [2.24, 2.45) is 5.92 Å². The fraction of sp³-hybridized carbons (Fsp3) is 0.440. The van der Waals surface area contributed by atoms with Crippen LogP contribution in [0, 0.1) is 11.7 Å². The summed E-state index contributed by atoms with van der Waals surface area (Å²) in [5, 5.41) is 0. The molecule has 0 atom stereocenters. The number of amides is 1. The van der Waals surface area contributed by atoms with Gasteiger partial charge in [-0.1, -0.05) is 24.3 Å². The first-order valence-corrected chi connectivity index (χ1v) is 11.2. The molecule has 0 saturated carbocycles. The summed E-state index contributed by atoms with van der Waals surface area (Å²) in [6.45, 7) is 4.62. The number of rotatable bonds is 8. The Kier molecular flexibility index (Phi) is 6.97. The van der Waals surface area contributed by atoms with E-state index in [0.29, 0.717) is 18.9 Å². The Morgan fingerprint density at radius 2 is 1.84 bits per heavy atom. The number of aryl methyl sites for hydroxylation is 1. The standard InChI is InChI=1S/C25H31FN4O/c1-28(25(31)13-17-30-19-27-23-4-2-3-5-24(23)30)18-21-11-15-29(16-12-21)14-10-20-6-8-22(26)9-7-20/h2-9,19,21H,10-18H2,1H3. The highest BCUT2D eigenvalue weighted by Crippen LogP contribution is 2.19. The Hall–Kier alpha value is -2.73. The summed E-state index contributed by atoms with van der Waals surface area (Å²) < 4.78 is 15.1. The van der Waals surface area contributed by atoms with Gasteiger partial charge in [0.1, 0.15) is 5.82 Å². The monoisotopic (exact) mass is 422 g/mol. The third-order valence-corrected chi connectivity index (χ3v) is 6.39. The Balaban J connectivity index is 1.17. The van der Waals surface area contributed by atoms with E-state index in [1.165, 1.54) is 17.7 Å². The third kappa shape index (κ3) is 5.70. The van der Waals surface area contributed by atoms with E-state index in [4.69, 9.17) is 0 Å². The second-order valence-corrected chi connectivity index (χ2v) is 8.61. The lowest BCUT2D eigenvalue weighted by Gasteiger charge is -2.34. The summed E-state index contributed by atoms with van der Waals surface area (Å²) >= 11 is 0. The van der Waals surface area contributed by atoms with E-state index < -0.39 is 0 Å². The number of likely N-dealkylation sites (tertiary alicyclic amines) is 1. The maximum atomic E-state index is 13.0. The summed E-state index contributed by atoms with van der Waals surface area (Å²) in [6.07, 6.45) is 5.50. The number of carbonyl (C=O) groups excluding carboxylic acids is 1. The van der Waals surface area contributed by atoms with Gasteiger partial charge in [0, 0.05) is 33.1 Å². The fourth-order valence-corrected chi connectivity index (χ4v) is 4.42. The number of halogens is 1. The van der Waals surface area contributed by atoms with Crippen LogP contribution in [0.1, 0.15) is 24.8 Å². The minimum absolute atomic E-state index is 0.179. The van der Waals surface area contributed by atoms with E-state index >= 15 is 0 Å². The predicted octanol–water partition coefficient (Wildman–Crippen LogP) is 3.98. The highest BCUT2D eigenvalue weighted by molar-refractivity contribution is 5.77. The van der Waals surface area contributed by atoms with Crippen LogP contribution < -0.4 is 0 Å². The molecule has 164 valence electrons.